The molecule has 2 aliphatic heterocycles. The van der Waals surface area contributed by atoms with Crippen molar-refractivity contribution in [1.29, 1.82) is 0 Å². The van der Waals surface area contributed by atoms with Gasteiger partial charge in [-0.25, -0.2) is 0 Å². The number of hydrogen-bond acceptors (Lipinski definition) is 6. The Labute approximate surface area is 165 Å². The highest BCUT2D eigenvalue weighted by atomic mass is 16.2. The van der Waals surface area contributed by atoms with Gasteiger partial charge in [-0.2, -0.15) is 0 Å². The van der Waals surface area contributed by atoms with E-state index in [1.165, 1.54) is 18.4 Å². The Morgan fingerprint density at radius 1 is 1.18 bits per heavy atom. The predicted octanol–water partition coefficient (Wildman–Crippen LogP) is 0.673. The highest BCUT2D eigenvalue weighted by Gasteiger charge is 2.24. The molecule has 1 amide bonds. The van der Waals surface area contributed by atoms with Crippen molar-refractivity contribution >= 4 is 5.91 Å². The first-order valence-electron chi connectivity index (χ1n) is 10.3. The highest BCUT2D eigenvalue weighted by Crippen LogP contribution is 2.13. The van der Waals surface area contributed by atoms with E-state index in [2.05, 4.69) is 37.6 Å². The Morgan fingerprint density at radius 2 is 2.00 bits per heavy atom. The van der Waals surface area contributed by atoms with Crippen LogP contribution in [0.5, 0.6) is 0 Å². The Morgan fingerprint density at radius 3 is 2.75 bits per heavy atom. The number of hydrogen-bond donors (Lipinski definition) is 1. The van der Waals surface area contributed by atoms with Crippen LogP contribution in [0.3, 0.4) is 0 Å². The van der Waals surface area contributed by atoms with Crippen LogP contribution in [0.1, 0.15) is 28.9 Å². The van der Waals surface area contributed by atoms with Gasteiger partial charge in [-0.15, -0.1) is 5.10 Å². The van der Waals surface area contributed by atoms with Crippen LogP contribution in [-0.2, 0) is 13.0 Å². The molecule has 0 aromatic carbocycles. The van der Waals surface area contributed by atoms with Crippen molar-refractivity contribution in [3.05, 3.63) is 42.0 Å². The quantitative estimate of drug-likeness (QED) is 0.790. The maximum absolute atomic E-state index is 12.8. The summed E-state index contributed by atoms with van der Waals surface area (Å²) in [5, 5.41) is 11.7. The van der Waals surface area contributed by atoms with Gasteiger partial charge in [0.15, 0.2) is 5.69 Å². The van der Waals surface area contributed by atoms with Crippen LogP contribution >= 0.6 is 0 Å². The van der Waals surface area contributed by atoms with E-state index in [1.807, 2.05) is 28.2 Å². The first-order chi connectivity index (χ1) is 13.8. The molecule has 8 nitrogen and oxygen atoms in total. The van der Waals surface area contributed by atoms with Crippen LogP contribution in [0.4, 0.5) is 0 Å². The number of carbonyl (C=O) groups excluding carboxylic acids is 1. The number of aromatic nitrogens is 4. The van der Waals surface area contributed by atoms with Gasteiger partial charge >= 0.3 is 0 Å². The smallest absolute Gasteiger partial charge is 0.276 e. The largest absolute Gasteiger partial charge is 0.335 e. The molecular weight excluding hydrogens is 354 g/mol. The first kappa shape index (κ1) is 19.0. The Hall–Kier alpha value is -2.32. The molecule has 0 spiro atoms. The molecule has 0 unspecified atom stereocenters. The van der Waals surface area contributed by atoms with Crippen LogP contribution in [0, 0.1) is 5.92 Å². The molecule has 0 radical (unpaired) electrons. The number of piperazine rings is 1. The minimum absolute atomic E-state index is 0.00167. The topological polar surface area (TPSA) is 79.2 Å². The standard InChI is InChI=1S/C20H29N7O/c28-20(19-16-27(24-23-19)15-18-2-1-6-22-14-18)26-12-10-25(11-13-26)9-5-17-3-7-21-8-4-17/h3-4,7-8,16,18,22H,1-2,5-6,9-15H2/t18-/m1/s1. The Kier molecular flexibility index (Phi) is 6.28. The molecule has 8 heteroatoms. The summed E-state index contributed by atoms with van der Waals surface area (Å²) in [4.78, 5) is 21.1. The third kappa shape index (κ3) is 4.94. The van der Waals surface area contributed by atoms with Gasteiger partial charge in [0.2, 0.25) is 0 Å². The first-order valence-corrected chi connectivity index (χ1v) is 10.3. The van der Waals surface area contributed by atoms with Crippen molar-refractivity contribution in [3.63, 3.8) is 0 Å². The normalized spacial score (nSPS) is 21.0. The third-order valence-corrected chi connectivity index (χ3v) is 5.73. The van der Waals surface area contributed by atoms with Gasteiger partial charge in [0.25, 0.3) is 5.91 Å². The second-order valence-corrected chi connectivity index (χ2v) is 7.78. The number of nitrogens with zero attached hydrogens (tertiary/aromatic N) is 6. The molecule has 0 saturated carbocycles. The molecule has 2 aromatic rings. The second kappa shape index (κ2) is 9.25. The van der Waals surface area contributed by atoms with Gasteiger partial charge in [0.05, 0.1) is 6.20 Å². The van der Waals surface area contributed by atoms with Crippen LogP contribution in [0.2, 0.25) is 0 Å². The summed E-state index contributed by atoms with van der Waals surface area (Å²) in [5.74, 6) is 0.573. The highest BCUT2D eigenvalue weighted by molar-refractivity contribution is 5.92. The fourth-order valence-corrected chi connectivity index (χ4v) is 4.00. The Bertz CT molecular complexity index is 749. The zero-order valence-corrected chi connectivity index (χ0v) is 16.3. The second-order valence-electron chi connectivity index (χ2n) is 7.78. The molecule has 2 aromatic heterocycles. The molecule has 1 atom stereocenters. The van der Waals surface area contributed by atoms with Crippen LogP contribution in [-0.4, -0.2) is 81.5 Å². The molecule has 4 heterocycles. The van der Waals surface area contributed by atoms with Crippen LogP contribution in [0.25, 0.3) is 0 Å². The summed E-state index contributed by atoms with van der Waals surface area (Å²) in [5.41, 5.74) is 1.77. The lowest BCUT2D eigenvalue weighted by Gasteiger charge is -2.34. The van der Waals surface area contributed by atoms with Gasteiger partial charge in [-0.1, -0.05) is 5.21 Å². The lowest BCUT2D eigenvalue weighted by Crippen LogP contribution is -2.49. The number of nitrogens with one attached hydrogen (secondary N) is 1. The summed E-state index contributed by atoms with van der Waals surface area (Å²) in [6, 6.07) is 4.12. The summed E-state index contributed by atoms with van der Waals surface area (Å²) < 4.78 is 1.83. The van der Waals surface area contributed by atoms with Crippen molar-refractivity contribution in [1.82, 2.24) is 35.1 Å². The van der Waals surface area contributed by atoms with Crippen LogP contribution in [0.15, 0.2) is 30.7 Å². The molecule has 2 fully saturated rings. The van der Waals surface area contributed by atoms with E-state index in [0.717, 1.165) is 58.8 Å². The molecule has 28 heavy (non-hydrogen) atoms. The van der Waals surface area contributed by atoms with Crippen molar-refractivity contribution in [3.8, 4) is 0 Å². The molecule has 1 N–H and O–H groups in total. The molecule has 2 aliphatic rings. The van der Waals surface area contributed by atoms with E-state index in [4.69, 9.17) is 0 Å². The molecule has 150 valence electrons. The number of amides is 1. The van der Waals surface area contributed by atoms with Gasteiger partial charge in [0, 0.05) is 51.7 Å². The lowest BCUT2D eigenvalue weighted by atomic mass is 10.00. The van der Waals surface area contributed by atoms with Crippen LogP contribution < -0.4 is 5.32 Å². The van der Waals surface area contributed by atoms with E-state index in [-0.39, 0.29) is 5.91 Å². The van der Waals surface area contributed by atoms with E-state index in [1.54, 1.807) is 0 Å². The van der Waals surface area contributed by atoms with E-state index >= 15 is 0 Å². The van der Waals surface area contributed by atoms with Gasteiger partial charge < -0.3 is 10.2 Å². The third-order valence-electron chi connectivity index (χ3n) is 5.73. The van der Waals surface area contributed by atoms with Crippen molar-refractivity contribution in [2.45, 2.75) is 25.8 Å². The number of pyridine rings is 1. The van der Waals surface area contributed by atoms with Crippen molar-refractivity contribution < 1.29 is 4.79 Å². The predicted molar refractivity (Wildman–Crippen MR) is 106 cm³/mol. The SMILES string of the molecule is O=C(c1cn(C[C@@H]2CCCNC2)nn1)N1CCN(CCc2ccncc2)CC1. The summed E-state index contributed by atoms with van der Waals surface area (Å²) in [6.07, 6.45) is 8.91. The summed E-state index contributed by atoms with van der Waals surface area (Å²) in [6.45, 7) is 7.25. The molecule has 0 bridgehead atoms. The van der Waals surface area contributed by atoms with Crippen molar-refractivity contribution in [2.75, 3.05) is 45.8 Å². The van der Waals surface area contributed by atoms with Crippen molar-refractivity contribution in [2.24, 2.45) is 5.92 Å². The average molecular weight is 384 g/mol. The monoisotopic (exact) mass is 383 g/mol. The number of piperidine rings is 1. The van der Waals surface area contributed by atoms with E-state index in [0.29, 0.717) is 11.6 Å². The van der Waals surface area contributed by atoms with Gasteiger partial charge in [-0.3, -0.25) is 19.4 Å². The molecule has 0 aliphatic carbocycles. The minimum atomic E-state index is 0.00167. The zero-order chi connectivity index (χ0) is 19.2. The van der Waals surface area contributed by atoms with Gasteiger partial charge in [0.1, 0.15) is 0 Å². The van der Waals surface area contributed by atoms with Gasteiger partial charge in [-0.05, 0) is 56.0 Å². The summed E-state index contributed by atoms with van der Waals surface area (Å²) >= 11 is 0. The average Bonchev–Trinajstić information content (AvgIpc) is 3.22. The molecule has 4 rings (SSSR count). The summed E-state index contributed by atoms with van der Waals surface area (Å²) in [7, 11) is 0. The lowest BCUT2D eigenvalue weighted by molar-refractivity contribution is 0.0632. The molecule has 2 saturated heterocycles. The number of rotatable bonds is 6. The van der Waals surface area contributed by atoms with E-state index in [9.17, 15) is 4.79 Å². The van der Waals surface area contributed by atoms with E-state index < -0.39 is 0 Å². The fraction of sp³-hybridized carbons (Fsp3) is 0.600. The zero-order valence-electron chi connectivity index (χ0n) is 16.3. The fourth-order valence-electron chi connectivity index (χ4n) is 4.00. The molecular formula is C20H29N7O. The Balaban J connectivity index is 1.23. The minimum Gasteiger partial charge on any atom is -0.335 e. The number of carbonyl (C=O) groups is 1. The maximum atomic E-state index is 12.8. The maximum Gasteiger partial charge on any atom is 0.276 e.